The van der Waals surface area contributed by atoms with Gasteiger partial charge in [-0.1, -0.05) is 0 Å². The van der Waals surface area contributed by atoms with E-state index in [0.29, 0.717) is 5.92 Å². The minimum Gasteiger partial charge on any atom is -0.344 e. The third-order valence-corrected chi connectivity index (χ3v) is 3.97. The van der Waals surface area contributed by atoms with Gasteiger partial charge in [-0.3, -0.25) is 4.79 Å². The Morgan fingerprint density at radius 3 is 2.82 bits per heavy atom. The van der Waals surface area contributed by atoms with E-state index in [-0.39, 0.29) is 5.91 Å². The number of hydrogen-bond donors (Lipinski definition) is 0. The highest BCUT2D eigenvalue weighted by atomic mass is 16.2. The summed E-state index contributed by atoms with van der Waals surface area (Å²) in [5.74, 6) is 0.602. The van der Waals surface area contributed by atoms with Gasteiger partial charge in [0, 0.05) is 20.1 Å². The minimum absolute atomic E-state index is 0.0354. The smallest absolute Gasteiger partial charge is 0.242 e. The van der Waals surface area contributed by atoms with Crippen molar-refractivity contribution in [1.29, 1.82) is 5.26 Å². The molecule has 0 bridgehead atoms. The van der Waals surface area contributed by atoms with Crippen LogP contribution < -0.4 is 0 Å². The molecule has 0 radical (unpaired) electrons. The summed E-state index contributed by atoms with van der Waals surface area (Å²) in [5, 5.41) is 9.02. The fraction of sp³-hybridized carbons (Fsp3) is 0.846. The number of carbonyl (C=O) groups is 1. The number of amides is 1. The molecule has 0 N–H and O–H groups in total. The molecule has 0 aromatic carbocycles. The Balaban J connectivity index is 1.86. The van der Waals surface area contributed by atoms with E-state index in [2.05, 4.69) is 18.0 Å². The Morgan fingerprint density at radius 2 is 2.29 bits per heavy atom. The Hall–Kier alpha value is -1.08. The van der Waals surface area contributed by atoms with E-state index in [4.69, 9.17) is 5.26 Å². The van der Waals surface area contributed by atoms with Crippen molar-refractivity contribution in [2.24, 2.45) is 11.3 Å². The maximum absolute atomic E-state index is 12.1. The van der Waals surface area contributed by atoms with E-state index in [1.807, 2.05) is 7.05 Å². The first kappa shape index (κ1) is 12.4. The van der Waals surface area contributed by atoms with Crippen LogP contribution in [0, 0.1) is 22.7 Å². The lowest BCUT2D eigenvalue weighted by atomic mass is 9.97. The lowest BCUT2D eigenvalue weighted by Gasteiger charge is -2.32. The average Bonchev–Trinajstić information content (AvgIpc) is 3.09. The molecular weight excluding hydrogens is 214 g/mol. The van der Waals surface area contributed by atoms with Crippen LogP contribution in [0.15, 0.2) is 0 Å². The van der Waals surface area contributed by atoms with Crippen LogP contribution in [0.1, 0.15) is 25.7 Å². The Kier molecular flexibility index (Phi) is 3.39. The van der Waals surface area contributed by atoms with Crippen LogP contribution in [-0.4, -0.2) is 49.4 Å². The Labute approximate surface area is 103 Å². The largest absolute Gasteiger partial charge is 0.344 e. The van der Waals surface area contributed by atoms with Gasteiger partial charge in [0.1, 0.15) is 5.41 Å². The standard InChI is InChI=1S/C13H21N3O/c1-15-7-3-4-11(8-15)9-16(2)12(17)13(10-14)5-6-13/h11H,3-9H2,1-2H3. The Morgan fingerprint density at radius 1 is 1.59 bits per heavy atom. The lowest BCUT2D eigenvalue weighted by molar-refractivity contribution is -0.134. The first-order chi connectivity index (χ1) is 8.07. The fourth-order valence-corrected chi connectivity index (χ4v) is 2.76. The van der Waals surface area contributed by atoms with Gasteiger partial charge >= 0.3 is 0 Å². The average molecular weight is 235 g/mol. The number of nitrogens with zero attached hydrogens (tertiary/aromatic N) is 3. The van der Waals surface area contributed by atoms with Crippen molar-refractivity contribution in [3.05, 3.63) is 0 Å². The summed E-state index contributed by atoms with van der Waals surface area (Å²) in [7, 11) is 3.97. The normalized spacial score (nSPS) is 27.2. The van der Waals surface area contributed by atoms with Gasteiger partial charge in [0.2, 0.25) is 5.91 Å². The summed E-state index contributed by atoms with van der Waals surface area (Å²) in [6.07, 6.45) is 3.91. The van der Waals surface area contributed by atoms with Crippen molar-refractivity contribution >= 4 is 5.91 Å². The van der Waals surface area contributed by atoms with E-state index in [0.717, 1.165) is 32.5 Å². The second-order valence-corrected chi connectivity index (χ2v) is 5.65. The summed E-state index contributed by atoms with van der Waals surface area (Å²) in [4.78, 5) is 16.2. The molecule has 0 spiro atoms. The molecule has 2 aliphatic rings. The van der Waals surface area contributed by atoms with Gasteiger partial charge in [0.15, 0.2) is 0 Å². The van der Waals surface area contributed by atoms with Crippen molar-refractivity contribution in [1.82, 2.24) is 9.80 Å². The molecule has 4 nitrogen and oxygen atoms in total. The Bertz CT molecular complexity index is 343. The second kappa shape index (κ2) is 4.66. The van der Waals surface area contributed by atoms with Crippen molar-refractivity contribution < 1.29 is 4.79 Å². The number of carbonyl (C=O) groups excluding carboxylic acids is 1. The fourth-order valence-electron chi connectivity index (χ4n) is 2.76. The van der Waals surface area contributed by atoms with Gasteiger partial charge in [-0.15, -0.1) is 0 Å². The second-order valence-electron chi connectivity index (χ2n) is 5.65. The predicted octanol–water partition coefficient (Wildman–Crippen LogP) is 1.09. The van der Waals surface area contributed by atoms with Crippen LogP contribution in [0.4, 0.5) is 0 Å². The van der Waals surface area contributed by atoms with Crippen LogP contribution in [0.2, 0.25) is 0 Å². The number of nitriles is 1. The highest BCUT2D eigenvalue weighted by Gasteiger charge is 2.52. The molecular formula is C13H21N3O. The molecule has 2 fully saturated rings. The van der Waals surface area contributed by atoms with Gasteiger partial charge in [0.05, 0.1) is 6.07 Å². The van der Waals surface area contributed by atoms with Crippen LogP contribution >= 0.6 is 0 Å². The summed E-state index contributed by atoms with van der Waals surface area (Å²) >= 11 is 0. The topological polar surface area (TPSA) is 47.3 Å². The summed E-state index contributed by atoms with van der Waals surface area (Å²) in [6.45, 7) is 3.03. The molecule has 1 saturated heterocycles. The highest BCUT2D eigenvalue weighted by Crippen LogP contribution is 2.46. The molecule has 17 heavy (non-hydrogen) atoms. The van der Waals surface area contributed by atoms with E-state index < -0.39 is 5.41 Å². The first-order valence-electron chi connectivity index (χ1n) is 6.43. The van der Waals surface area contributed by atoms with Crippen LogP contribution in [0.3, 0.4) is 0 Å². The summed E-state index contributed by atoms with van der Waals surface area (Å²) < 4.78 is 0. The van der Waals surface area contributed by atoms with Gasteiger partial charge in [-0.05, 0) is 45.2 Å². The van der Waals surface area contributed by atoms with Crippen molar-refractivity contribution in [3.63, 3.8) is 0 Å². The van der Waals surface area contributed by atoms with E-state index in [1.54, 1.807) is 4.90 Å². The zero-order valence-corrected chi connectivity index (χ0v) is 10.8. The van der Waals surface area contributed by atoms with Crippen molar-refractivity contribution in [2.75, 3.05) is 33.7 Å². The molecule has 1 saturated carbocycles. The number of piperidine rings is 1. The van der Waals surface area contributed by atoms with E-state index in [9.17, 15) is 4.79 Å². The van der Waals surface area contributed by atoms with Crippen LogP contribution in [-0.2, 0) is 4.79 Å². The molecule has 1 heterocycles. The van der Waals surface area contributed by atoms with Crippen LogP contribution in [0.5, 0.6) is 0 Å². The lowest BCUT2D eigenvalue weighted by Crippen LogP contribution is -2.42. The van der Waals surface area contributed by atoms with Crippen molar-refractivity contribution in [3.8, 4) is 6.07 Å². The molecule has 0 aromatic rings. The van der Waals surface area contributed by atoms with Gasteiger partial charge < -0.3 is 9.80 Å². The number of rotatable bonds is 3. The van der Waals surface area contributed by atoms with Crippen molar-refractivity contribution in [2.45, 2.75) is 25.7 Å². The van der Waals surface area contributed by atoms with E-state index >= 15 is 0 Å². The zero-order chi connectivity index (χ0) is 12.5. The third-order valence-electron chi connectivity index (χ3n) is 3.97. The molecule has 1 amide bonds. The monoisotopic (exact) mass is 235 g/mol. The maximum atomic E-state index is 12.1. The van der Waals surface area contributed by atoms with Crippen LogP contribution in [0.25, 0.3) is 0 Å². The molecule has 1 aliphatic carbocycles. The minimum atomic E-state index is -0.657. The third kappa shape index (κ3) is 2.61. The molecule has 4 heteroatoms. The number of likely N-dealkylation sites (tertiary alicyclic amines) is 1. The molecule has 1 aliphatic heterocycles. The molecule has 1 unspecified atom stereocenters. The SMILES string of the molecule is CN1CCCC(CN(C)C(=O)C2(C#N)CC2)C1. The maximum Gasteiger partial charge on any atom is 0.242 e. The summed E-state index contributed by atoms with van der Waals surface area (Å²) in [5.41, 5.74) is -0.657. The predicted molar refractivity (Wildman–Crippen MR) is 65.1 cm³/mol. The van der Waals surface area contributed by atoms with Gasteiger partial charge in [-0.25, -0.2) is 0 Å². The highest BCUT2D eigenvalue weighted by molar-refractivity contribution is 5.88. The summed E-state index contributed by atoms with van der Waals surface area (Å²) in [6, 6.07) is 2.18. The first-order valence-corrected chi connectivity index (χ1v) is 6.43. The van der Waals surface area contributed by atoms with Gasteiger partial charge in [0.25, 0.3) is 0 Å². The molecule has 1 atom stereocenters. The van der Waals surface area contributed by atoms with Gasteiger partial charge in [-0.2, -0.15) is 5.26 Å². The zero-order valence-electron chi connectivity index (χ0n) is 10.8. The van der Waals surface area contributed by atoms with E-state index in [1.165, 1.54) is 12.8 Å². The number of hydrogen-bond acceptors (Lipinski definition) is 3. The molecule has 2 rings (SSSR count). The molecule has 0 aromatic heterocycles. The quantitative estimate of drug-likeness (QED) is 0.735. The molecule has 94 valence electrons.